The molecular weight excluding hydrogens is 352 g/mol. The van der Waals surface area contributed by atoms with Gasteiger partial charge in [0, 0.05) is 38.8 Å². The lowest BCUT2D eigenvalue weighted by atomic mass is 9.86. The second-order valence-electron chi connectivity index (χ2n) is 9.75. The van der Waals surface area contributed by atoms with Crippen LogP contribution in [0.25, 0.3) is 10.9 Å². The van der Waals surface area contributed by atoms with Crippen LogP contribution in [0.2, 0.25) is 0 Å². The molecule has 29 heavy (non-hydrogen) atoms. The van der Waals surface area contributed by atoms with E-state index in [-0.39, 0.29) is 10.8 Å². The second kappa shape index (κ2) is 6.52. The van der Waals surface area contributed by atoms with Crippen LogP contribution in [0.5, 0.6) is 0 Å². The highest BCUT2D eigenvalue weighted by atomic mass is 14.9. The molecule has 0 spiro atoms. The van der Waals surface area contributed by atoms with Gasteiger partial charge in [0.05, 0.1) is 0 Å². The molecule has 0 aliphatic heterocycles. The van der Waals surface area contributed by atoms with E-state index in [1.54, 1.807) is 11.1 Å². The first kappa shape index (κ1) is 18.5. The van der Waals surface area contributed by atoms with Crippen LogP contribution in [0.3, 0.4) is 0 Å². The molecule has 2 aliphatic rings. The molecule has 0 unspecified atom stereocenters. The minimum Gasteiger partial charge on any atom is -0.359 e. The van der Waals surface area contributed by atoms with Gasteiger partial charge in [0.1, 0.15) is 0 Å². The lowest BCUT2D eigenvalue weighted by molar-refractivity contribution is 0.494. The molecule has 1 heterocycles. The van der Waals surface area contributed by atoms with Crippen LogP contribution >= 0.6 is 0 Å². The number of hydrogen-bond acceptors (Lipinski definition) is 1. The standard InChI is InChI=1S/C27H32N2/c1-5-26(3,4)25-17-21-16-23(11-12-24(21)29-25)28-18(2)27(13-14-27)22-10-9-19-7-6-8-20(19)15-22/h9-12,15-17,28-29H,2,5-8,13-14H2,1,3-4H3. The smallest absolute Gasteiger partial charge is 0.0457 e. The molecule has 2 aliphatic carbocycles. The number of nitrogens with one attached hydrogen (secondary N) is 2. The van der Waals surface area contributed by atoms with Gasteiger partial charge in [0.25, 0.3) is 0 Å². The average molecular weight is 385 g/mol. The molecule has 0 atom stereocenters. The van der Waals surface area contributed by atoms with Crippen molar-refractivity contribution in [3.63, 3.8) is 0 Å². The maximum absolute atomic E-state index is 4.47. The SMILES string of the molecule is C=C(Nc1ccc2[nH]c(C(C)(C)CC)cc2c1)C1(c2ccc3c(c2)CCC3)CC1. The van der Waals surface area contributed by atoms with E-state index in [4.69, 9.17) is 0 Å². The molecule has 0 radical (unpaired) electrons. The van der Waals surface area contributed by atoms with Crippen LogP contribution in [-0.4, -0.2) is 4.98 Å². The summed E-state index contributed by atoms with van der Waals surface area (Å²) in [5, 5.41) is 4.92. The third-order valence-electron chi connectivity index (χ3n) is 7.51. The Morgan fingerprint density at radius 1 is 1.07 bits per heavy atom. The van der Waals surface area contributed by atoms with E-state index in [1.807, 2.05) is 0 Å². The monoisotopic (exact) mass is 384 g/mol. The molecule has 2 N–H and O–H groups in total. The van der Waals surface area contributed by atoms with Crippen molar-refractivity contribution in [2.24, 2.45) is 0 Å². The molecule has 0 bridgehead atoms. The second-order valence-corrected chi connectivity index (χ2v) is 9.75. The van der Waals surface area contributed by atoms with Crippen molar-refractivity contribution < 1.29 is 0 Å². The predicted molar refractivity (Wildman–Crippen MR) is 124 cm³/mol. The molecule has 2 aromatic carbocycles. The van der Waals surface area contributed by atoms with Crippen LogP contribution in [0, 0.1) is 0 Å². The number of allylic oxidation sites excluding steroid dienone is 1. The van der Waals surface area contributed by atoms with Crippen LogP contribution in [0.15, 0.2) is 54.7 Å². The summed E-state index contributed by atoms with van der Waals surface area (Å²) in [7, 11) is 0. The van der Waals surface area contributed by atoms with Crippen molar-refractivity contribution in [2.45, 2.75) is 70.1 Å². The van der Waals surface area contributed by atoms with E-state index < -0.39 is 0 Å². The lowest BCUT2D eigenvalue weighted by Gasteiger charge is -2.21. The average Bonchev–Trinajstić information content (AvgIpc) is 3.20. The fourth-order valence-electron chi connectivity index (χ4n) is 4.82. The first-order chi connectivity index (χ1) is 13.9. The van der Waals surface area contributed by atoms with Crippen LogP contribution in [0.4, 0.5) is 5.69 Å². The highest BCUT2D eigenvalue weighted by Crippen LogP contribution is 2.53. The summed E-state index contributed by atoms with van der Waals surface area (Å²) in [5.41, 5.74) is 9.62. The molecule has 3 aromatic rings. The molecule has 1 fully saturated rings. The number of hydrogen-bond donors (Lipinski definition) is 2. The molecule has 2 heteroatoms. The van der Waals surface area contributed by atoms with Gasteiger partial charge < -0.3 is 10.3 Å². The highest BCUT2D eigenvalue weighted by molar-refractivity contribution is 5.84. The van der Waals surface area contributed by atoms with Gasteiger partial charge in [-0.05, 0) is 79.5 Å². The summed E-state index contributed by atoms with van der Waals surface area (Å²) in [5.74, 6) is 0. The summed E-state index contributed by atoms with van der Waals surface area (Å²) in [6.07, 6.45) is 7.29. The molecule has 1 saturated carbocycles. The third-order valence-corrected chi connectivity index (χ3v) is 7.51. The molecule has 2 nitrogen and oxygen atoms in total. The number of benzene rings is 2. The summed E-state index contributed by atoms with van der Waals surface area (Å²) in [6, 6.07) is 16.1. The fourth-order valence-corrected chi connectivity index (χ4v) is 4.82. The Bertz CT molecular complexity index is 1090. The number of anilines is 1. The Balaban J connectivity index is 1.39. The Morgan fingerprint density at radius 3 is 2.62 bits per heavy atom. The van der Waals surface area contributed by atoms with Gasteiger partial charge in [-0.3, -0.25) is 0 Å². The van der Waals surface area contributed by atoms with Crippen molar-refractivity contribution in [3.8, 4) is 0 Å². The van der Waals surface area contributed by atoms with E-state index in [0.717, 1.165) is 17.8 Å². The molecule has 0 amide bonds. The van der Waals surface area contributed by atoms with Gasteiger partial charge >= 0.3 is 0 Å². The van der Waals surface area contributed by atoms with Crippen LogP contribution in [0.1, 0.15) is 68.8 Å². The van der Waals surface area contributed by atoms with Gasteiger partial charge in [-0.2, -0.15) is 0 Å². The maximum atomic E-state index is 4.47. The summed E-state index contributed by atoms with van der Waals surface area (Å²) in [4.78, 5) is 3.61. The first-order valence-electron chi connectivity index (χ1n) is 11.1. The molecule has 150 valence electrons. The van der Waals surface area contributed by atoms with E-state index in [2.05, 4.69) is 80.1 Å². The maximum Gasteiger partial charge on any atom is 0.0457 e. The summed E-state index contributed by atoms with van der Waals surface area (Å²) in [6.45, 7) is 11.3. The zero-order valence-corrected chi connectivity index (χ0v) is 18.0. The number of aromatic amines is 1. The topological polar surface area (TPSA) is 27.8 Å². The largest absolute Gasteiger partial charge is 0.359 e. The number of H-pyrrole nitrogens is 1. The van der Waals surface area contributed by atoms with Gasteiger partial charge in [0.15, 0.2) is 0 Å². The normalized spacial score (nSPS) is 17.3. The third kappa shape index (κ3) is 3.10. The fraction of sp³-hybridized carbons (Fsp3) is 0.407. The number of fused-ring (bicyclic) bond motifs is 2. The summed E-state index contributed by atoms with van der Waals surface area (Å²) < 4.78 is 0. The molecule has 1 aromatic heterocycles. The van der Waals surface area contributed by atoms with E-state index in [1.165, 1.54) is 54.3 Å². The zero-order valence-electron chi connectivity index (χ0n) is 18.0. The van der Waals surface area contributed by atoms with Crippen LogP contribution in [-0.2, 0) is 23.7 Å². The quantitative estimate of drug-likeness (QED) is 0.470. The first-order valence-corrected chi connectivity index (χ1v) is 11.1. The van der Waals surface area contributed by atoms with Gasteiger partial charge in [-0.1, -0.05) is 45.5 Å². The minimum atomic E-state index is 0.111. The number of rotatable bonds is 6. The van der Waals surface area contributed by atoms with E-state index >= 15 is 0 Å². The van der Waals surface area contributed by atoms with Crippen molar-refractivity contribution in [3.05, 3.63) is 77.1 Å². The van der Waals surface area contributed by atoms with Crippen molar-refractivity contribution in [1.29, 1.82) is 0 Å². The minimum absolute atomic E-state index is 0.111. The zero-order chi connectivity index (χ0) is 20.2. The van der Waals surface area contributed by atoms with Gasteiger partial charge in [0.2, 0.25) is 0 Å². The van der Waals surface area contributed by atoms with Crippen LogP contribution < -0.4 is 5.32 Å². The number of aryl methyl sites for hydroxylation is 2. The van der Waals surface area contributed by atoms with Crippen molar-refractivity contribution in [1.82, 2.24) is 4.98 Å². The van der Waals surface area contributed by atoms with E-state index in [0.29, 0.717) is 0 Å². The molecular formula is C27H32N2. The van der Waals surface area contributed by atoms with Crippen molar-refractivity contribution >= 4 is 16.6 Å². The Hall–Kier alpha value is -2.48. The Morgan fingerprint density at radius 2 is 1.86 bits per heavy atom. The molecule has 5 rings (SSSR count). The van der Waals surface area contributed by atoms with Crippen molar-refractivity contribution in [2.75, 3.05) is 5.32 Å². The van der Waals surface area contributed by atoms with Gasteiger partial charge in [-0.25, -0.2) is 0 Å². The molecule has 0 saturated heterocycles. The van der Waals surface area contributed by atoms with Gasteiger partial charge in [-0.15, -0.1) is 0 Å². The lowest BCUT2D eigenvalue weighted by Crippen LogP contribution is -2.16. The summed E-state index contributed by atoms with van der Waals surface area (Å²) >= 11 is 0. The Labute approximate surface area is 174 Å². The van der Waals surface area contributed by atoms with E-state index in [9.17, 15) is 0 Å². The highest BCUT2D eigenvalue weighted by Gasteiger charge is 2.47. The number of aromatic nitrogens is 1. The predicted octanol–water partition coefficient (Wildman–Crippen LogP) is 7.00. The Kier molecular flexibility index (Phi) is 4.17.